The van der Waals surface area contributed by atoms with Crippen molar-refractivity contribution in [3.63, 3.8) is 0 Å². The van der Waals surface area contributed by atoms with Crippen LogP contribution in [0.1, 0.15) is 36.5 Å². The van der Waals surface area contributed by atoms with Crippen molar-refractivity contribution in [2.24, 2.45) is 5.73 Å². The smallest absolute Gasteiger partial charge is 0.322 e. The largest absolute Gasteiger partial charge is 0.366 e. The van der Waals surface area contributed by atoms with Gasteiger partial charge in [0.15, 0.2) is 0 Å². The summed E-state index contributed by atoms with van der Waals surface area (Å²) in [6.45, 7) is 2.59. The molecule has 1 aliphatic rings. The Bertz CT molecular complexity index is 601. The number of primary amides is 1. The lowest BCUT2D eigenvalue weighted by molar-refractivity contribution is 0.1000. The summed E-state index contributed by atoms with van der Waals surface area (Å²) in [5.41, 5.74) is 5.28. The lowest BCUT2D eigenvalue weighted by Gasteiger charge is -2.25. The van der Waals surface area contributed by atoms with Crippen LogP contribution in [0.25, 0.3) is 0 Å². The van der Waals surface area contributed by atoms with E-state index in [1.165, 1.54) is 12.1 Å². The van der Waals surface area contributed by atoms with Gasteiger partial charge >= 0.3 is 6.03 Å². The third-order valence-electron chi connectivity index (χ3n) is 3.67. The van der Waals surface area contributed by atoms with E-state index in [4.69, 9.17) is 5.73 Å². The van der Waals surface area contributed by atoms with Crippen LogP contribution in [0.4, 0.5) is 14.9 Å². The van der Waals surface area contributed by atoms with Gasteiger partial charge in [-0.2, -0.15) is 0 Å². The van der Waals surface area contributed by atoms with Gasteiger partial charge in [-0.25, -0.2) is 9.18 Å². The van der Waals surface area contributed by atoms with Gasteiger partial charge in [0.25, 0.3) is 0 Å². The van der Waals surface area contributed by atoms with Crippen molar-refractivity contribution in [3.8, 4) is 0 Å². The van der Waals surface area contributed by atoms with Crippen LogP contribution in [0.2, 0.25) is 0 Å². The fourth-order valence-corrected chi connectivity index (χ4v) is 2.43. The number of hydrogen-bond donors (Lipinski definition) is 2. The summed E-state index contributed by atoms with van der Waals surface area (Å²) >= 11 is 0. The van der Waals surface area contributed by atoms with Gasteiger partial charge in [0.05, 0.1) is 11.7 Å². The number of carbonyl (C=O) groups excluding carboxylic acids is 2. The Labute approximate surface area is 129 Å². The number of carbonyl (C=O) groups is 2. The third kappa shape index (κ3) is 3.63. The Morgan fingerprint density at radius 1 is 1.45 bits per heavy atom. The summed E-state index contributed by atoms with van der Waals surface area (Å²) in [4.78, 5) is 25.1. The maximum absolute atomic E-state index is 13.8. The summed E-state index contributed by atoms with van der Waals surface area (Å²) in [6, 6.07) is 3.30. The summed E-state index contributed by atoms with van der Waals surface area (Å²) < 4.78 is 13.8. The van der Waals surface area contributed by atoms with E-state index in [2.05, 4.69) is 12.2 Å². The number of halogens is 1. The number of nitrogens with zero attached hydrogens (tertiary/aromatic N) is 1. The standard InChI is InChI=1S/C16H20FN3O2/c1-2-3-5-12-6-4-9-20(12)16(22)19-14-10-11(15(18)21)7-8-13(14)17/h4,6-8,10,12H,2-3,5,9H2,1H3,(H2,18,21)(H,19,22). The SMILES string of the molecule is CCCCC1C=CCN1C(=O)Nc1cc(C(N)=O)ccc1F. The van der Waals surface area contributed by atoms with Crippen molar-refractivity contribution in [1.29, 1.82) is 0 Å². The Hall–Kier alpha value is -2.37. The van der Waals surface area contributed by atoms with Gasteiger partial charge < -0.3 is 16.0 Å². The van der Waals surface area contributed by atoms with Crippen LogP contribution in [0.15, 0.2) is 30.4 Å². The zero-order valence-electron chi connectivity index (χ0n) is 12.5. The van der Waals surface area contributed by atoms with E-state index in [-0.39, 0.29) is 23.3 Å². The fourth-order valence-electron chi connectivity index (χ4n) is 2.43. The highest BCUT2D eigenvalue weighted by Gasteiger charge is 2.24. The van der Waals surface area contributed by atoms with Crippen LogP contribution in [0, 0.1) is 5.82 Å². The molecule has 1 heterocycles. The first-order chi connectivity index (χ1) is 10.5. The first-order valence-electron chi connectivity index (χ1n) is 7.36. The molecule has 1 aromatic carbocycles. The first-order valence-corrected chi connectivity index (χ1v) is 7.36. The average Bonchev–Trinajstić information content (AvgIpc) is 2.95. The maximum Gasteiger partial charge on any atom is 0.322 e. The molecule has 1 aromatic rings. The van der Waals surface area contributed by atoms with E-state index in [0.29, 0.717) is 6.54 Å². The highest BCUT2D eigenvalue weighted by atomic mass is 19.1. The second-order valence-corrected chi connectivity index (χ2v) is 5.28. The molecule has 0 saturated carbocycles. The third-order valence-corrected chi connectivity index (χ3v) is 3.67. The number of benzene rings is 1. The highest BCUT2D eigenvalue weighted by molar-refractivity contribution is 5.96. The molecule has 0 spiro atoms. The van der Waals surface area contributed by atoms with Crippen molar-refractivity contribution < 1.29 is 14.0 Å². The highest BCUT2D eigenvalue weighted by Crippen LogP contribution is 2.20. The van der Waals surface area contributed by atoms with Crippen molar-refractivity contribution in [2.45, 2.75) is 32.2 Å². The number of unbranched alkanes of at least 4 members (excludes halogenated alkanes) is 1. The predicted molar refractivity (Wildman–Crippen MR) is 83.1 cm³/mol. The normalized spacial score (nSPS) is 16.8. The van der Waals surface area contributed by atoms with Gasteiger partial charge in [-0.3, -0.25) is 4.79 Å². The summed E-state index contributed by atoms with van der Waals surface area (Å²) in [5.74, 6) is -1.27. The zero-order chi connectivity index (χ0) is 16.1. The number of anilines is 1. The van der Waals surface area contributed by atoms with Gasteiger partial charge in [0.2, 0.25) is 5.91 Å². The molecule has 3 N–H and O–H groups in total. The van der Waals surface area contributed by atoms with Gasteiger partial charge in [-0.05, 0) is 24.6 Å². The Morgan fingerprint density at radius 2 is 2.23 bits per heavy atom. The molecule has 3 amide bonds. The van der Waals surface area contributed by atoms with Gasteiger partial charge in [-0.1, -0.05) is 31.9 Å². The number of nitrogens with two attached hydrogens (primary N) is 1. The Kier molecular flexibility index (Phi) is 5.14. The summed E-state index contributed by atoms with van der Waals surface area (Å²) in [7, 11) is 0. The monoisotopic (exact) mass is 305 g/mol. The van der Waals surface area contributed by atoms with E-state index in [0.717, 1.165) is 25.3 Å². The minimum absolute atomic E-state index is 0.0299. The van der Waals surface area contributed by atoms with Crippen LogP contribution < -0.4 is 11.1 Å². The van der Waals surface area contributed by atoms with Crippen molar-refractivity contribution in [2.75, 3.05) is 11.9 Å². The quantitative estimate of drug-likeness (QED) is 0.821. The summed E-state index contributed by atoms with van der Waals surface area (Å²) in [5, 5.41) is 2.52. The minimum Gasteiger partial charge on any atom is -0.366 e. The molecule has 5 nitrogen and oxygen atoms in total. The molecule has 0 fully saturated rings. The van der Waals surface area contributed by atoms with E-state index in [1.54, 1.807) is 4.90 Å². The van der Waals surface area contributed by atoms with Crippen LogP contribution in [0.5, 0.6) is 0 Å². The molecule has 6 heteroatoms. The van der Waals surface area contributed by atoms with Crippen molar-refractivity contribution >= 4 is 17.6 Å². The number of rotatable bonds is 5. The molecular weight excluding hydrogens is 285 g/mol. The van der Waals surface area contributed by atoms with Crippen LogP contribution in [-0.2, 0) is 0 Å². The van der Waals surface area contributed by atoms with E-state index >= 15 is 0 Å². The zero-order valence-corrected chi connectivity index (χ0v) is 12.5. The molecule has 0 radical (unpaired) electrons. The molecule has 0 aliphatic carbocycles. The van der Waals surface area contributed by atoms with E-state index < -0.39 is 11.7 Å². The van der Waals surface area contributed by atoms with E-state index in [1.807, 2.05) is 12.2 Å². The van der Waals surface area contributed by atoms with E-state index in [9.17, 15) is 14.0 Å². The second-order valence-electron chi connectivity index (χ2n) is 5.28. The minimum atomic E-state index is -0.667. The molecule has 1 unspecified atom stereocenters. The lowest BCUT2D eigenvalue weighted by atomic mass is 10.1. The molecule has 118 valence electrons. The van der Waals surface area contributed by atoms with Crippen LogP contribution in [0.3, 0.4) is 0 Å². The van der Waals surface area contributed by atoms with Crippen LogP contribution >= 0.6 is 0 Å². The predicted octanol–water partition coefficient (Wildman–Crippen LogP) is 2.89. The number of hydrogen-bond acceptors (Lipinski definition) is 2. The number of amides is 3. The van der Waals surface area contributed by atoms with Gasteiger partial charge in [-0.15, -0.1) is 0 Å². The van der Waals surface area contributed by atoms with Crippen molar-refractivity contribution in [3.05, 3.63) is 41.7 Å². The molecular formula is C16H20FN3O2. The molecule has 1 aliphatic heterocycles. The fraction of sp³-hybridized carbons (Fsp3) is 0.375. The maximum atomic E-state index is 13.8. The van der Waals surface area contributed by atoms with Crippen molar-refractivity contribution in [1.82, 2.24) is 4.90 Å². The second kappa shape index (κ2) is 7.06. The number of urea groups is 1. The molecule has 0 bridgehead atoms. The van der Waals surface area contributed by atoms with Crippen LogP contribution in [-0.4, -0.2) is 29.4 Å². The Balaban J connectivity index is 2.08. The molecule has 22 heavy (non-hydrogen) atoms. The molecule has 1 atom stereocenters. The Morgan fingerprint density at radius 3 is 2.91 bits per heavy atom. The topological polar surface area (TPSA) is 75.4 Å². The van der Waals surface area contributed by atoms with Gasteiger partial charge in [0.1, 0.15) is 5.82 Å². The average molecular weight is 305 g/mol. The molecule has 0 aromatic heterocycles. The first kappa shape index (κ1) is 16.0. The number of nitrogens with one attached hydrogen (secondary N) is 1. The summed E-state index contributed by atoms with van der Waals surface area (Å²) in [6.07, 6.45) is 6.87. The molecule has 0 saturated heterocycles. The van der Waals surface area contributed by atoms with Gasteiger partial charge in [0, 0.05) is 12.1 Å². The lowest BCUT2D eigenvalue weighted by Crippen LogP contribution is -2.39. The molecule has 2 rings (SSSR count).